The average Bonchev–Trinajstić information content (AvgIpc) is 3.20. The van der Waals surface area contributed by atoms with Gasteiger partial charge in [0.1, 0.15) is 0 Å². The third kappa shape index (κ3) is 2.90. The molecule has 2 aromatic rings. The Kier molecular flexibility index (Phi) is 4.49. The van der Waals surface area contributed by atoms with E-state index in [1.807, 2.05) is 12.3 Å². The summed E-state index contributed by atoms with van der Waals surface area (Å²) in [5.74, 6) is 0.339. The van der Waals surface area contributed by atoms with Gasteiger partial charge in [0.05, 0.1) is 18.8 Å². The van der Waals surface area contributed by atoms with E-state index in [1.54, 1.807) is 0 Å². The number of rotatable bonds is 4. The van der Waals surface area contributed by atoms with Crippen molar-refractivity contribution in [3.05, 3.63) is 47.8 Å². The molecule has 4 rings (SSSR count). The molecule has 138 valence electrons. The van der Waals surface area contributed by atoms with E-state index in [0.717, 1.165) is 25.0 Å². The number of aromatic amines is 1. The third-order valence-corrected chi connectivity index (χ3v) is 6.23. The number of aromatic nitrogens is 1. The number of H-pyrrole nitrogens is 1. The number of ether oxygens (including phenoxy) is 1. The van der Waals surface area contributed by atoms with Gasteiger partial charge < -0.3 is 19.7 Å². The summed E-state index contributed by atoms with van der Waals surface area (Å²) in [5, 5.41) is 11.5. The highest BCUT2D eigenvalue weighted by Crippen LogP contribution is 2.44. The Morgan fingerprint density at radius 2 is 2.19 bits per heavy atom. The zero-order valence-corrected chi connectivity index (χ0v) is 15.3. The molecule has 4 atom stereocenters. The van der Waals surface area contributed by atoms with Crippen LogP contribution in [0, 0.1) is 17.8 Å². The van der Waals surface area contributed by atoms with Gasteiger partial charge in [-0.15, -0.1) is 0 Å². The molecule has 2 N–H and O–H groups in total. The summed E-state index contributed by atoms with van der Waals surface area (Å²) in [5.41, 5.74) is 3.15. The van der Waals surface area contributed by atoms with E-state index in [-0.39, 0.29) is 23.9 Å². The van der Waals surface area contributed by atoms with Gasteiger partial charge in [-0.25, -0.2) is 4.79 Å². The predicted molar refractivity (Wildman–Crippen MR) is 100 cm³/mol. The van der Waals surface area contributed by atoms with Crippen LogP contribution in [0.3, 0.4) is 0 Å². The molecule has 26 heavy (non-hydrogen) atoms. The molecular formula is C21H26N2O3. The topological polar surface area (TPSA) is 65.6 Å². The summed E-state index contributed by atoms with van der Waals surface area (Å²) in [4.78, 5) is 17.8. The third-order valence-electron chi connectivity index (χ3n) is 6.23. The van der Waals surface area contributed by atoms with Gasteiger partial charge in [0.15, 0.2) is 0 Å². The van der Waals surface area contributed by atoms with Crippen molar-refractivity contribution < 1.29 is 14.6 Å². The molecular weight excluding hydrogens is 328 g/mol. The molecule has 0 radical (unpaired) electrons. The largest absolute Gasteiger partial charge is 0.466 e. The number of methoxy groups -OCH3 is 1. The maximum atomic E-state index is 12.3. The Balaban J connectivity index is 1.54. The van der Waals surface area contributed by atoms with E-state index in [9.17, 15) is 9.90 Å². The summed E-state index contributed by atoms with van der Waals surface area (Å²) < 4.78 is 5.00. The van der Waals surface area contributed by atoms with E-state index in [4.69, 9.17) is 4.74 Å². The normalized spacial score (nSPS) is 28.1. The van der Waals surface area contributed by atoms with E-state index in [2.05, 4.69) is 41.2 Å². The lowest BCUT2D eigenvalue weighted by molar-refractivity contribution is -0.137. The van der Waals surface area contributed by atoms with Gasteiger partial charge in [-0.05, 0) is 42.2 Å². The van der Waals surface area contributed by atoms with Crippen LogP contribution < -0.4 is 0 Å². The second kappa shape index (κ2) is 6.80. The summed E-state index contributed by atoms with van der Waals surface area (Å²) in [6, 6.07) is 8.31. The molecule has 2 aliphatic rings. The Labute approximate surface area is 153 Å². The van der Waals surface area contributed by atoms with Crippen molar-refractivity contribution in [3.8, 4) is 0 Å². The molecule has 1 aliphatic carbocycles. The van der Waals surface area contributed by atoms with Crippen molar-refractivity contribution in [1.82, 2.24) is 9.88 Å². The second-order valence-corrected chi connectivity index (χ2v) is 7.61. The van der Waals surface area contributed by atoms with Gasteiger partial charge in [0.25, 0.3) is 0 Å². The van der Waals surface area contributed by atoms with E-state index >= 15 is 0 Å². The zero-order chi connectivity index (χ0) is 18.3. The number of benzene rings is 1. The Morgan fingerprint density at radius 3 is 3.00 bits per heavy atom. The number of esters is 1. The predicted octanol–water partition coefficient (Wildman–Crippen LogP) is 2.72. The molecule has 0 bridgehead atoms. The molecule has 0 saturated heterocycles. The minimum Gasteiger partial charge on any atom is -0.466 e. The summed E-state index contributed by atoms with van der Waals surface area (Å²) >= 11 is 0. The number of carbonyl (C=O) groups is 1. The van der Waals surface area contributed by atoms with Crippen LogP contribution >= 0.6 is 0 Å². The number of fused-ring (bicyclic) bond motifs is 2. The molecule has 5 nitrogen and oxygen atoms in total. The second-order valence-electron chi connectivity index (χ2n) is 7.61. The van der Waals surface area contributed by atoms with Crippen molar-refractivity contribution in [2.45, 2.75) is 25.9 Å². The van der Waals surface area contributed by atoms with Crippen molar-refractivity contribution in [2.24, 2.45) is 17.8 Å². The van der Waals surface area contributed by atoms with Crippen LogP contribution in [0.5, 0.6) is 0 Å². The van der Waals surface area contributed by atoms with Crippen molar-refractivity contribution in [1.29, 1.82) is 0 Å². The quantitative estimate of drug-likeness (QED) is 0.829. The molecule has 5 heteroatoms. The molecule has 1 aromatic carbocycles. The minimum absolute atomic E-state index is 0.108. The van der Waals surface area contributed by atoms with Crippen molar-refractivity contribution >= 4 is 16.9 Å². The fourth-order valence-electron chi connectivity index (χ4n) is 4.65. The molecule has 1 unspecified atom stereocenters. The van der Waals surface area contributed by atoms with Crippen LogP contribution in [0.25, 0.3) is 10.9 Å². The maximum absolute atomic E-state index is 12.3. The standard InChI is InChI=1S/C21H26N2O3/c1-13-17-11-23(12-18(21(25)26-2)16(17)9-20(13)24)8-7-14-10-22-19-6-4-3-5-15(14)19/h3-6,10,12-13,16-17,20,22,24H,7-9,11H2,1-2H3/t13-,16+,17?,20+/m1/s1. The number of carbonyl (C=O) groups excluding carboxylic acids is 1. The van der Waals surface area contributed by atoms with Gasteiger partial charge in [-0.3, -0.25) is 0 Å². The van der Waals surface area contributed by atoms with Crippen LogP contribution in [-0.2, 0) is 16.0 Å². The van der Waals surface area contributed by atoms with E-state index in [1.165, 1.54) is 18.1 Å². The molecule has 1 aromatic heterocycles. The van der Waals surface area contributed by atoms with Gasteiger partial charge in [-0.2, -0.15) is 0 Å². The lowest BCUT2D eigenvalue weighted by Gasteiger charge is -2.36. The zero-order valence-electron chi connectivity index (χ0n) is 15.3. The number of hydrogen-bond acceptors (Lipinski definition) is 4. The number of nitrogens with one attached hydrogen (secondary N) is 1. The highest BCUT2D eigenvalue weighted by Gasteiger charge is 2.46. The SMILES string of the molecule is COC(=O)C1=CN(CCc2c[nH]c3ccccc23)CC2[C@@H]1C[C@H](O)[C@@H]2C. The Morgan fingerprint density at radius 1 is 1.38 bits per heavy atom. The first-order valence-corrected chi connectivity index (χ1v) is 9.35. The molecule has 0 spiro atoms. The fourth-order valence-corrected chi connectivity index (χ4v) is 4.65. The molecule has 0 amide bonds. The number of aliphatic hydroxyl groups excluding tert-OH is 1. The molecule has 1 fully saturated rings. The highest BCUT2D eigenvalue weighted by atomic mass is 16.5. The first-order chi connectivity index (χ1) is 12.6. The fraction of sp³-hybridized carbons (Fsp3) is 0.476. The van der Waals surface area contributed by atoms with Crippen LogP contribution in [0.2, 0.25) is 0 Å². The maximum Gasteiger partial charge on any atom is 0.335 e. The minimum atomic E-state index is -0.341. The molecule has 1 saturated carbocycles. The van der Waals surface area contributed by atoms with Gasteiger partial charge >= 0.3 is 5.97 Å². The van der Waals surface area contributed by atoms with Crippen LogP contribution in [0.15, 0.2) is 42.2 Å². The lowest BCUT2D eigenvalue weighted by atomic mass is 9.82. The number of nitrogens with zero attached hydrogens (tertiary/aromatic N) is 1. The van der Waals surface area contributed by atoms with Crippen LogP contribution in [0.1, 0.15) is 18.9 Å². The first kappa shape index (κ1) is 17.2. The van der Waals surface area contributed by atoms with E-state index < -0.39 is 0 Å². The molecule has 2 heterocycles. The Bertz CT molecular complexity index is 841. The lowest BCUT2D eigenvalue weighted by Crippen LogP contribution is -2.38. The number of aliphatic hydroxyl groups is 1. The average molecular weight is 354 g/mol. The van der Waals surface area contributed by atoms with Crippen LogP contribution in [-0.4, -0.2) is 47.3 Å². The van der Waals surface area contributed by atoms with Crippen molar-refractivity contribution in [3.63, 3.8) is 0 Å². The smallest absolute Gasteiger partial charge is 0.335 e. The molecule has 1 aliphatic heterocycles. The monoisotopic (exact) mass is 354 g/mol. The first-order valence-electron chi connectivity index (χ1n) is 9.35. The highest BCUT2D eigenvalue weighted by molar-refractivity contribution is 5.89. The van der Waals surface area contributed by atoms with Crippen LogP contribution in [0.4, 0.5) is 0 Å². The number of hydrogen-bond donors (Lipinski definition) is 2. The van der Waals surface area contributed by atoms with E-state index in [0.29, 0.717) is 17.9 Å². The summed E-state index contributed by atoms with van der Waals surface area (Å²) in [7, 11) is 1.43. The van der Waals surface area contributed by atoms with Gasteiger partial charge in [0.2, 0.25) is 0 Å². The van der Waals surface area contributed by atoms with Gasteiger partial charge in [-0.1, -0.05) is 25.1 Å². The Hall–Kier alpha value is -2.27. The van der Waals surface area contributed by atoms with Crippen molar-refractivity contribution in [2.75, 3.05) is 20.2 Å². The summed E-state index contributed by atoms with van der Waals surface area (Å²) in [6.07, 6.45) is 5.26. The summed E-state index contributed by atoms with van der Waals surface area (Å²) in [6.45, 7) is 3.81. The van der Waals surface area contributed by atoms with Gasteiger partial charge in [0, 0.05) is 36.4 Å². The number of para-hydroxylation sites is 1.